The fourth-order valence-electron chi connectivity index (χ4n) is 0.936. The molecule has 0 aliphatic heterocycles. The number of amides is 1. The summed E-state index contributed by atoms with van der Waals surface area (Å²) in [5.74, 6) is 2.43. The van der Waals surface area contributed by atoms with E-state index in [-0.39, 0.29) is 12.5 Å². The molecule has 0 saturated carbocycles. The van der Waals surface area contributed by atoms with E-state index in [1.165, 1.54) is 17.3 Å². The number of unbranched alkanes of at least 4 members (excludes halogenated alkanes) is 1. The largest absolute Gasteiger partial charge is 0.354 e. The monoisotopic (exact) mass is 192 g/mol. The molecule has 0 fully saturated rings. The number of terminal acetylenes is 1. The summed E-state index contributed by atoms with van der Waals surface area (Å²) in [6, 6.07) is 0. The smallest absolute Gasteiger partial charge is 0.241 e. The Balaban J connectivity index is 2.14. The Morgan fingerprint density at radius 2 is 2.50 bits per heavy atom. The molecule has 1 amide bonds. The molecule has 1 N–H and O–H groups in total. The van der Waals surface area contributed by atoms with Crippen LogP contribution in [0.25, 0.3) is 0 Å². The Morgan fingerprint density at radius 3 is 3.14 bits per heavy atom. The van der Waals surface area contributed by atoms with Gasteiger partial charge in [0.25, 0.3) is 0 Å². The fourth-order valence-corrected chi connectivity index (χ4v) is 0.936. The molecule has 1 rings (SSSR count). The summed E-state index contributed by atoms with van der Waals surface area (Å²) in [7, 11) is 0. The van der Waals surface area contributed by atoms with Gasteiger partial charge >= 0.3 is 0 Å². The van der Waals surface area contributed by atoms with Crippen LogP contribution < -0.4 is 5.32 Å². The maximum absolute atomic E-state index is 11.2. The third-order valence-corrected chi connectivity index (χ3v) is 1.59. The molecule has 0 aliphatic rings. The van der Waals surface area contributed by atoms with Gasteiger partial charge in [0.1, 0.15) is 19.2 Å². The first kappa shape index (κ1) is 10.3. The Labute approximate surface area is 82.5 Å². The van der Waals surface area contributed by atoms with E-state index in [9.17, 15) is 4.79 Å². The lowest BCUT2D eigenvalue weighted by Gasteiger charge is -2.02. The molecular formula is C9H12N4O. The summed E-state index contributed by atoms with van der Waals surface area (Å²) in [6.45, 7) is 0.813. The summed E-state index contributed by atoms with van der Waals surface area (Å²) in [5.41, 5.74) is 0. The minimum atomic E-state index is -0.0764. The van der Waals surface area contributed by atoms with E-state index in [0.717, 1.165) is 6.42 Å². The average molecular weight is 192 g/mol. The molecule has 0 spiro atoms. The minimum Gasteiger partial charge on any atom is -0.354 e. The van der Waals surface area contributed by atoms with Crippen LogP contribution in [0.3, 0.4) is 0 Å². The van der Waals surface area contributed by atoms with E-state index in [1.54, 1.807) is 0 Å². The van der Waals surface area contributed by atoms with Crippen molar-refractivity contribution >= 4 is 5.91 Å². The van der Waals surface area contributed by atoms with Crippen molar-refractivity contribution in [1.82, 2.24) is 20.1 Å². The van der Waals surface area contributed by atoms with Crippen molar-refractivity contribution in [2.75, 3.05) is 6.54 Å². The summed E-state index contributed by atoms with van der Waals surface area (Å²) in [6.07, 6.45) is 9.45. The van der Waals surface area contributed by atoms with Gasteiger partial charge in [-0.1, -0.05) is 0 Å². The van der Waals surface area contributed by atoms with Crippen LogP contribution >= 0.6 is 0 Å². The highest BCUT2D eigenvalue weighted by molar-refractivity contribution is 5.75. The van der Waals surface area contributed by atoms with Crippen LogP contribution in [-0.2, 0) is 11.3 Å². The molecular weight excluding hydrogens is 180 g/mol. The number of carbonyl (C=O) groups is 1. The highest BCUT2D eigenvalue weighted by Crippen LogP contribution is 1.84. The molecule has 0 aliphatic carbocycles. The lowest BCUT2D eigenvalue weighted by molar-refractivity contribution is -0.121. The second kappa shape index (κ2) is 5.75. The molecule has 0 atom stereocenters. The first-order valence-corrected chi connectivity index (χ1v) is 4.35. The number of hydrogen-bond donors (Lipinski definition) is 1. The van der Waals surface area contributed by atoms with Gasteiger partial charge in [0.05, 0.1) is 0 Å². The molecule has 5 heteroatoms. The highest BCUT2D eigenvalue weighted by atomic mass is 16.2. The SMILES string of the molecule is C#CCCCNC(=O)Cn1cncn1. The molecule has 0 aromatic carbocycles. The van der Waals surface area contributed by atoms with E-state index in [4.69, 9.17) is 6.42 Å². The van der Waals surface area contributed by atoms with Gasteiger partial charge in [0.15, 0.2) is 0 Å². The van der Waals surface area contributed by atoms with Crippen molar-refractivity contribution in [1.29, 1.82) is 0 Å². The lowest BCUT2D eigenvalue weighted by atomic mass is 10.3. The Bertz CT molecular complexity index is 312. The Kier molecular flexibility index (Phi) is 4.21. The van der Waals surface area contributed by atoms with Crippen LogP contribution in [0.15, 0.2) is 12.7 Å². The number of nitrogens with zero attached hydrogens (tertiary/aromatic N) is 3. The summed E-state index contributed by atoms with van der Waals surface area (Å²) < 4.78 is 1.47. The first-order chi connectivity index (χ1) is 6.83. The third-order valence-electron chi connectivity index (χ3n) is 1.59. The quantitative estimate of drug-likeness (QED) is 0.519. The zero-order valence-electron chi connectivity index (χ0n) is 7.81. The van der Waals surface area contributed by atoms with Crippen molar-refractivity contribution in [3.8, 4) is 12.3 Å². The normalized spacial score (nSPS) is 9.36. The van der Waals surface area contributed by atoms with Gasteiger partial charge in [-0.3, -0.25) is 4.79 Å². The van der Waals surface area contributed by atoms with E-state index in [1.807, 2.05) is 0 Å². The molecule has 0 unspecified atom stereocenters. The van der Waals surface area contributed by atoms with Crippen molar-refractivity contribution < 1.29 is 4.79 Å². The molecule has 1 aromatic heterocycles. The van der Waals surface area contributed by atoms with Gasteiger partial charge in [0.2, 0.25) is 5.91 Å². The summed E-state index contributed by atoms with van der Waals surface area (Å²) in [5, 5.41) is 6.55. The van der Waals surface area contributed by atoms with E-state index in [2.05, 4.69) is 21.3 Å². The molecule has 14 heavy (non-hydrogen) atoms. The third kappa shape index (κ3) is 3.72. The molecule has 0 radical (unpaired) electrons. The molecule has 1 heterocycles. The van der Waals surface area contributed by atoms with Crippen LogP contribution in [0.5, 0.6) is 0 Å². The maximum atomic E-state index is 11.2. The average Bonchev–Trinajstić information content (AvgIpc) is 2.65. The Hall–Kier alpha value is -1.83. The van der Waals surface area contributed by atoms with Crippen molar-refractivity contribution in [2.45, 2.75) is 19.4 Å². The minimum absolute atomic E-state index is 0.0764. The van der Waals surface area contributed by atoms with E-state index >= 15 is 0 Å². The number of rotatable bonds is 5. The topological polar surface area (TPSA) is 59.8 Å². The fraction of sp³-hybridized carbons (Fsp3) is 0.444. The standard InChI is InChI=1S/C9H12N4O/c1-2-3-4-5-11-9(14)6-13-8-10-7-12-13/h1,7-8H,3-6H2,(H,11,14). The molecule has 5 nitrogen and oxygen atoms in total. The molecule has 74 valence electrons. The predicted octanol–water partition coefficient (Wildman–Crippen LogP) is -0.192. The second-order valence-electron chi connectivity index (χ2n) is 2.75. The van der Waals surface area contributed by atoms with Crippen molar-refractivity contribution in [2.24, 2.45) is 0 Å². The zero-order valence-corrected chi connectivity index (χ0v) is 7.81. The van der Waals surface area contributed by atoms with Crippen molar-refractivity contribution in [3.63, 3.8) is 0 Å². The predicted molar refractivity (Wildman–Crippen MR) is 51.1 cm³/mol. The lowest BCUT2D eigenvalue weighted by Crippen LogP contribution is -2.28. The van der Waals surface area contributed by atoms with Crippen LogP contribution in [0.1, 0.15) is 12.8 Å². The van der Waals surface area contributed by atoms with Gasteiger partial charge < -0.3 is 5.32 Å². The van der Waals surface area contributed by atoms with Gasteiger partial charge in [-0.05, 0) is 6.42 Å². The highest BCUT2D eigenvalue weighted by Gasteiger charge is 2.01. The van der Waals surface area contributed by atoms with E-state index < -0.39 is 0 Å². The molecule has 1 aromatic rings. The van der Waals surface area contributed by atoms with Crippen LogP contribution in [0.2, 0.25) is 0 Å². The van der Waals surface area contributed by atoms with Crippen LogP contribution in [0, 0.1) is 12.3 Å². The zero-order chi connectivity index (χ0) is 10.2. The van der Waals surface area contributed by atoms with Crippen LogP contribution in [-0.4, -0.2) is 27.2 Å². The van der Waals surface area contributed by atoms with Gasteiger partial charge in [0, 0.05) is 13.0 Å². The number of nitrogens with one attached hydrogen (secondary N) is 1. The second-order valence-corrected chi connectivity index (χ2v) is 2.75. The Morgan fingerprint density at radius 1 is 1.64 bits per heavy atom. The maximum Gasteiger partial charge on any atom is 0.241 e. The summed E-state index contributed by atoms with van der Waals surface area (Å²) in [4.78, 5) is 15.0. The number of hydrogen-bond acceptors (Lipinski definition) is 3. The van der Waals surface area contributed by atoms with Gasteiger partial charge in [-0.25, -0.2) is 9.67 Å². The van der Waals surface area contributed by atoms with Crippen LogP contribution in [0.4, 0.5) is 0 Å². The van der Waals surface area contributed by atoms with Gasteiger partial charge in [-0.15, -0.1) is 12.3 Å². The molecule has 0 saturated heterocycles. The van der Waals surface area contributed by atoms with Gasteiger partial charge in [-0.2, -0.15) is 5.10 Å². The number of carbonyl (C=O) groups excluding carboxylic acids is 1. The first-order valence-electron chi connectivity index (χ1n) is 4.35. The van der Waals surface area contributed by atoms with Crippen molar-refractivity contribution in [3.05, 3.63) is 12.7 Å². The molecule has 0 bridgehead atoms. The number of aromatic nitrogens is 3. The van der Waals surface area contributed by atoms with E-state index in [0.29, 0.717) is 13.0 Å². The summed E-state index contributed by atoms with van der Waals surface area (Å²) >= 11 is 0.